The van der Waals surface area contributed by atoms with Crippen LogP contribution >= 0.6 is 0 Å². The Hall–Kier alpha value is -2.76. The van der Waals surface area contributed by atoms with Gasteiger partial charge in [0.15, 0.2) is 11.5 Å². The van der Waals surface area contributed by atoms with Gasteiger partial charge in [0.25, 0.3) is 0 Å². The standard InChI is InChI=1S/C18H22N2O4/c1-22-15-6-4-5-14(18(15)24-3)7-8-16(21)20-12-13-9-10-19-17(11-13)23-2/h4-6,9-11H,7-8,12H2,1-3H3,(H,20,21). The second-order valence-corrected chi connectivity index (χ2v) is 5.14. The first-order valence-corrected chi connectivity index (χ1v) is 7.63. The second kappa shape index (κ2) is 8.76. The molecule has 128 valence electrons. The molecule has 1 amide bonds. The maximum Gasteiger partial charge on any atom is 0.220 e. The number of nitrogens with zero attached hydrogens (tertiary/aromatic N) is 1. The fourth-order valence-electron chi connectivity index (χ4n) is 2.36. The van der Waals surface area contributed by atoms with Crippen molar-refractivity contribution in [2.75, 3.05) is 21.3 Å². The minimum Gasteiger partial charge on any atom is -0.493 e. The Bertz CT molecular complexity index is 688. The van der Waals surface area contributed by atoms with Gasteiger partial charge in [0, 0.05) is 25.2 Å². The van der Waals surface area contributed by atoms with Crippen LogP contribution in [-0.4, -0.2) is 32.2 Å². The van der Waals surface area contributed by atoms with Gasteiger partial charge < -0.3 is 19.5 Å². The molecule has 2 rings (SSSR count). The molecule has 6 heteroatoms. The number of hydrogen-bond donors (Lipinski definition) is 1. The van der Waals surface area contributed by atoms with Crippen molar-refractivity contribution in [3.63, 3.8) is 0 Å². The molecule has 24 heavy (non-hydrogen) atoms. The first kappa shape index (κ1) is 17.6. The summed E-state index contributed by atoms with van der Waals surface area (Å²) in [7, 11) is 4.75. The van der Waals surface area contributed by atoms with E-state index in [2.05, 4.69) is 10.3 Å². The summed E-state index contributed by atoms with van der Waals surface area (Å²) in [4.78, 5) is 16.1. The molecule has 1 aromatic heterocycles. The van der Waals surface area contributed by atoms with Crippen LogP contribution in [0.5, 0.6) is 17.4 Å². The maximum absolute atomic E-state index is 12.1. The van der Waals surface area contributed by atoms with Gasteiger partial charge in [0.1, 0.15) is 0 Å². The minimum atomic E-state index is -0.0318. The summed E-state index contributed by atoms with van der Waals surface area (Å²) >= 11 is 0. The van der Waals surface area contributed by atoms with E-state index in [4.69, 9.17) is 14.2 Å². The molecule has 0 aliphatic heterocycles. The smallest absolute Gasteiger partial charge is 0.220 e. The summed E-state index contributed by atoms with van der Waals surface area (Å²) < 4.78 is 15.7. The molecule has 0 bridgehead atoms. The average molecular weight is 330 g/mol. The van der Waals surface area contributed by atoms with E-state index in [-0.39, 0.29) is 5.91 Å². The molecule has 1 aromatic carbocycles. The van der Waals surface area contributed by atoms with Gasteiger partial charge in [-0.1, -0.05) is 12.1 Å². The van der Waals surface area contributed by atoms with Crippen molar-refractivity contribution in [2.45, 2.75) is 19.4 Å². The van der Waals surface area contributed by atoms with E-state index >= 15 is 0 Å². The number of methoxy groups -OCH3 is 3. The van der Waals surface area contributed by atoms with Crippen LogP contribution in [0.1, 0.15) is 17.5 Å². The highest BCUT2D eigenvalue weighted by molar-refractivity contribution is 5.76. The van der Waals surface area contributed by atoms with Gasteiger partial charge in [-0.05, 0) is 29.7 Å². The van der Waals surface area contributed by atoms with Gasteiger partial charge in [0.2, 0.25) is 11.8 Å². The van der Waals surface area contributed by atoms with Crippen LogP contribution in [0, 0.1) is 0 Å². The lowest BCUT2D eigenvalue weighted by Gasteiger charge is -2.12. The Morgan fingerprint density at radius 2 is 1.96 bits per heavy atom. The van der Waals surface area contributed by atoms with Crippen molar-refractivity contribution in [1.29, 1.82) is 0 Å². The van der Waals surface area contributed by atoms with Crippen LogP contribution in [0.3, 0.4) is 0 Å². The van der Waals surface area contributed by atoms with E-state index in [0.717, 1.165) is 11.1 Å². The third-order valence-electron chi connectivity index (χ3n) is 3.60. The molecular formula is C18H22N2O4. The predicted molar refractivity (Wildman–Crippen MR) is 90.5 cm³/mol. The van der Waals surface area contributed by atoms with Crippen molar-refractivity contribution < 1.29 is 19.0 Å². The van der Waals surface area contributed by atoms with Gasteiger partial charge >= 0.3 is 0 Å². The predicted octanol–water partition coefficient (Wildman–Crippen LogP) is 2.36. The average Bonchev–Trinajstić information content (AvgIpc) is 2.64. The third-order valence-corrected chi connectivity index (χ3v) is 3.60. The van der Waals surface area contributed by atoms with E-state index in [0.29, 0.717) is 36.8 Å². The molecular weight excluding hydrogens is 308 g/mol. The number of carbonyl (C=O) groups excluding carboxylic acids is 1. The molecule has 0 fully saturated rings. The van der Waals surface area contributed by atoms with Crippen LogP contribution in [-0.2, 0) is 17.8 Å². The molecule has 0 aliphatic carbocycles. The van der Waals surface area contributed by atoms with Gasteiger partial charge in [-0.2, -0.15) is 0 Å². The van der Waals surface area contributed by atoms with Crippen molar-refractivity contribution in [3.8, 4) is 17.4 Å². The molecule has 0 aliphatic rings. The first-order valence-electron chi connectivity index (χ1n) is 7.63. The van der Waals surface area contributed by atoms with Gasteiger partial charge in [-0.15, -0.1) is 0 Å². The SMILES string of the molecule is COc1cc(CNC(=O)CCc2cccc(OC)c2OC)ccn1. The number of aromatic nitrogens is 1. The summed E-state index contributed by atoms with van der Waals surface area (Å²) in [6.07, 6.45) is 2.60. The molecule has 0 unspecified atom stereocenters. The van der Waals surface area contributed by atoms with E-state index < -0.39 is 0 Å². The maximum atomic E-state index is 12.1. The summed E-state index contributed by atoms with van der Waals surface area (Å²) in [6, 6.07) is 9.29. The summed E-state index contributed by atoms with van der Waals surface area (Å²) in [6.45, 7) is 0.437. The van der Waals surface area contributed by atoms with Crippen LogP contribution in [0.2, 0.25) is 0 Å². The molecule has 0 atom stereocenters. The number of ether oxygens (including phenoxy) is 3. The minimum absolute atomic E-state index is 0.0318. The highest BCUT2D eigenvalue weighted by atomic mass is 16.5. The van der Waals surface area contributed by atoms with Crippen molar-refractivity contribution in [2.24, 2.45) is 0 Å². The molecule has 0 saturated heterocycles. The van der Waals surface area contributed by atoms with Crippen molar-refractivity contribution in [1.82, 2.24) is 10.3 Å². The molecule has 2 aromatic rings. The number of nitrogens with one attached hydrogen (secondary N) is 1. The Morgan fingerprint density at radius 1 is 1.12 bits per heavy atom. The van der Waals surface area contributed by atoms with Crippen LogP contribution in [0.25, 0.3) is 0 Å². The van der Waals surface area contributed by atoms with E-state index in [1.54, 1.807) is 33.6 Å². The topological polar surface area (TPSA) is 69.7 Å². The second-order valence-electron chi connectivity index (χ2n) is 5.14. The lowest BCUT2D eigenvalue weighted by atomic mass is 10.1. The Kier molecular flexibility index (Phi) is 6.42. The summed E-state index contributed by atoms with van der Waals surface area (Å²) in [5, 5.41) is 2.89. The largest absolute Gasteiger partial charge is 0.493 e. The van der Waals surface area contributed by atoms with E-state index in [1.165, 1.54) is 0 Å². The molecule has 1 N–H and O–H groups in total. The summed E-state index contributed by atoms with van der Waals surface area (Å²) in [5.41, 5.74) is 1.88. The van der Waals surface area contributed by atoms with Crippen molar-refractivity contribution in [3.05, 3.63) is 47.7 Å². The monoisotopic (exact) mass is 330 g/mol. The molecule has 1 heterocycles. The highest BCUT2D eigenvalue weighted by Crippen LogP contribution is 2.31. The molecule has 0 radical (unpaired) electrons. The van der Waals surface area contributed by atoms with Crippen LogP contribution in [0.4, 0.5) is 0 Å². The van der Waals surface area contributed by atoms with Gasteiger partial charge in [-0.3, -0.25) is 4.79 Å². The molecule has 6 nitrogen and oxygen atoms in total. The lowest BCUT2D eigenvalue weighted by molar-refractivity contribution is -0.121. The highest BCUT2D eigenvalue weighted by Gasteiger charge is 2.11. The van der Waals surface area contributed by atoms with Crippen LogP contribution in [0.15, 0.2) is 36.5 Å². The van der Waals surface area contributed by atoms with Gasteiger partial charge in [0.05, 0.1) is 21.3 Å². The number of pyridine rings is 1. The molecule has 0 saturated carbocycles. The first-order chi connectivity index (χ1) is 11.7. The number of para-hydroxylation sites is 1. The van der Waals surface area contributed by atoms with Crippen molar-refractivity contribution >= 4 is 5.91 Å². The van der Waals surface area contributed by atoms with E-state index in [1.807, 2.05) is 24.3 Å². The normalized spacial score (nSPS) is 10.1. The zero-order chi connectivity index (χ0) is 17.4. The lowest BCUT2D eigenvalue weighted by Crippen LogP contribution is -2.23. The number of hydrogen-bond acceptors (Lipinski definition) is 5. The molecule has 0 spiro atoms. The number of rotatable bonds is 8. The number of aryl methyl sites for hydroxylation is 1. The zero-order valence-electron chi connectivity index (χ0n) is 14.2. The van der Waals surface area contributed by atoms with Crippen LogP contribution < -0.4 is 19.5 Å². The van der Waals surface area contributed by atoms with Gasteiger partial charge in [-0.25, -0.2) is 4.98 Å². The Balaban J connectivity index is 1.89. The fraction of sp³-hybridized carbons (Fsp3) is 0.333. The quantitative estimate of drug-likeness (QED) is 0.804. The third kappa shape index (κ3) is 4.62. The number of carbonyl (C=O) groups is 1. The fourth-order valence-corrected chi connectivity index (χ4v) is 2.36. The Labute approximate surface area is 141 Å². The Morgan fingerprint density at radius 3 is 2.67 bits per heavy atom. The van der Waals surface area contributed by atoms with E-state index in [9.17, 15) is 4.79 Å². The number of amides is 1. The zero-order valence-corrected chi connectivity index (χ0v) is 14.2. The number of benzene rings is 1. The summed E-state index contributed by atoms with van der Waals surface area (Å²) in [5.74, 6) is 1.84.